The number of nitrogens with zero attached hydrogens (tertiary/aromatic N) is 4. The van der Waals surface area contributed by atoms with Gasteiger partial charge in [-0.15, -0.1) is 0 Å². The van der Waals surface area contributed by atoms with Gasteiger partial charge in [0.15, 0.2) is 11.5 Å². The number of methoxy groups -OCH3 is 3. The summed E-state index contributed by atoms with van der Waals surface area (Å²) in [6.07, 6.45) is 3.47. The van der Waals surface area contributed by atoms with Gasteiger partial charge in [-0.2, -0.15) is 0 Å². The second kappa shape index (κ2) is 7.02. The van der Waals surface area contributed by atoms with E-state index < -0.39 is 0 Å². The largest absolute Gasteiger partial charge is 0.493 e. The maximum Gasteiger partial charge on any atom is 0.203 e. The molecule has 0 amide bonds. The quantitative estimate of drug-likeness (QED) is 0.357. The molecule has 3 aromatic rings. The lowest BCUT2D eigenvalue weighted by molar-refractivity contribution is 0.324. The molecule has 7 heteroatoms. The monoisotopic (exact) mass is 378 g/mol. The number of aromatic nitrogens is 1. The van der Waals surface area contributed by atoms with Gasteiger partial charge in [0, 0.05) is 34.6 Å². The van der Waals surface area contributed by atoms with E-state index >= 15 is 0 Å². The van der Waals surface area contributed by atoms with E-state index in [9.17, 15) is 0 Å². The van der Waals surface area contributed by atoms with Crippen molar-refractivity contribution in [2.45, 2.75) is 18.9 Å². The zero-order valence-electron chi connectivity index (χ0n) is 16.4. The van der Waals surface area contributed by atoms with Gasteiger partial charge in [0.1, 0.15) is 0 Å². The second-order valence-corrected chi connectivity index (χ2v) is 6.86. The van der Waals surface area contributed by atoms with Crippen molar-refractivity contribution >= 4 is 10.9 Å². The van der Waals surface area contributed by atoms with Crippen molar-refractivity contribution in [2.24, 2.45) is 12.2 Å². The van der Waals surface area contributed by atoms with E-state index in [1.807, 2.05) is 19.3 Å². The van der Waals surface area contributed by atoms with Gasteiger partial charge in [0.2, 0.25) is 5.75 Å². The molecule has 0 fully saturated rings. The fraction of sp³-hybridized carbons (Fsp3) is 0.333. The number of hydrogen-bond acceptors (Lipinski definition) is 4. The number of benzene rings is 2. The summed E-state index contributed by atoms with van der Waals surface area (Å²) in [7, 11) is 6.86. The van der Waals surface area contributed by atoms with Crippen LogP contribution in [0, 0.1) is 0 Å². The van der Waals surface area contributed by atoms with Crippen LogP contribution in [0.3, 0.4) is 0 Å². The minimum atomic E-state index is -0.256. The lowest BCUT2D eigenvalue weighted by atomic mass is 9.92. The fourth-order valence-corrected chi connectivity index (χ4v) is 4.15. The third-order valence-corrected chi connectivity index (χ3v) is 5.47. The molecule has 144 valence electrons. The van der Waals surface area contributed by atoms with Crippen molar-refractivity contribution in [3.05, 3.63) is 52.0 Å². The number of aryl methyl sites for hydroxylation is 2. The SMILES string of the molecule is COc1cc2c(c(OC)c1OC)-c1cc3ccn(C)c3cc1C(N=[N+]=[N-])CC2. The normalized spacial score (nSPS) is 15.2. The van der Waals surface area contributed by atoms with E-state index in [2.05, 4.69) is 32.8 Å². The van der Waals surface area contributed by atoms with E-state index in [-0.39, 0.29) is 6.04 Å². The van der Waals surface area contributed by atoms with Crippen LogP contribution in [0.2, 0.25) is 0 Å². The molecule has 0 radical (unpaired) electrons. The van der Waals surface area contributed by atoms with Gasteiger partial charge in [0.05, 0.1) is 27.4 Å². The Kier molecular flexibility index (Phi) is 4.53. The number of rotatable bonds is 4. The first-order chi connectivity index (χ1) is 13.6. The third kappa shape index (κ3) is 2.63. The first-order valence-electron chi connectivity index (χ1n) is 9.08. The van der Waals surface area contributed by atoms with Crippen LogP contribution >= 0.6 is 0 Å². The Labute approximate surface area is 163 Å². The first kappa shape index (κ1) is 18.1. The van der Waals surface area contributed by atoms with Gasteiger partial charge in [0.25, 0.3) is 0 Å². The fourth-order valence-electron chi connectivity index (χ4n) is 4.15. The van der Waals surface area contributed by atoms with Crippen LogP contribution in [-0.2, 0) is 13.5 Å². The molecule has 1 aliphatic carbocycles. The zero-order chi connectivity index (χ0) is 19.8. The molecule has 0 saturated carbocycles. The Morgan fingerprint density at radius 3 is 2.57 bits per heavy atom. The van der Waals surface area contributed by atoms with Crippen LogP contribution in [0.1, 0.15) is 23.6 Å². The summed E-state index contributed by atoms with van der Waals surface area (Å²) in [6, 6.07) is 8.08. The smallest absolute Gasteiger partial charge is 0.203 e. The highest BCUT2D eigenvalue weighted by Gasteiger charge is 2.29. The van der Waals surface area contributed by atoms with Crippen molar-refractivity contribution in [1.29, 1.82) is 0 Å². The second-order valence-electron chi connectivity index (χ2n) is 6.86. The molecular weight excluding hydrogens is 356 g/mol. The Bertz CT molecular complexity index is 1110. The maximum atomic E-state index is 9.13. The molecule has 4 rings (SSSR count). The Balaban J connectivity index is 2.12. The molecular formula is C21H22N4O3. The molecule has 1 aliphatic rings. The summed E-state index contributed by atoms with van der Waals surface area (Å²) in [6.45, 7) is 0. The molecule has 0 aliphatic heterocycles. The lowest BCUT2D eigenvalue weighted by Crippen LogP contribution is -2.01. The van der Waals surface area contributed by atoms with Crippen LogP contribution in [0.15, 0.2) is 35.6 Å². The maximum absolute atomic E-state index is 9.13. The molecule has 0 saturated heterocycles. The van der Waals surface area contributed by atoms with Crippen LogP contribution in [0.5, 0.6) is 17.2 Å². The van der Waals surface area contributed by atoms with Crippen molar-refractivity contribution in [3.8, 4) is 28.4 Å². The van der Waals surface area contributed by atoms with E-state index in [0.717, 1.165) is 39.6 Å². The Morgan fingerprint density at radius 1 is 1.11 bits per heavy atom. The van der Waals surface area contributed by atoms with Gasteiger partial charge < -0.3 is 18.8 Å². The summed E-state index contributed by atoms with van der Waals surface area (Å²) in [5.41, 5.74) is 14.3. The minimum absolute atomic E-state index is 0.256. The molecule has 1 atom stereocenters. The van der Waals surface area contributed by atoms with Crippen LogP contribution in [0.4, 0.5) is 0 Å². The van der Waals surface area contributed by atoms with Crippen molar-refractivity contribution in [1.82, 2.24) is 4.57 Å². The summed E-state index contributed by atoms with van der Waals surface area (Å²) in [5.74, 6) is 1.82. The molecule has 1 unspecified atom stereocenters. The summed E-state index contributed by atoms with van der Waals surface area (Å²) in [5, 5.41) is 5.21. The Hall–Kier alpha value is -3.31. The van der Waals surface area contributed by atoms with E-state index in [0.29, 0.717) is 23.7 Å². The van der Waals surface area contributed by atoms with E-state index in [1.165, 1.54) is 0 Å². The lowest BCUT2D eigenvalue weighted by Gasteiger charge is -2.20. The van der Waals surface area contributed by atoms with Crippen molar-refractivity contribution < 1.29 is 14.2 Å². The molecule has 7 nitrogen and oxygen atoms in total. The molecule has 1 heterocycles. The summed E-state index contributed by atoms with van der Waals surface area (Å²) < 4.78 is 19.0. The van der Waals surface area contributed by atoms with Gasteiger partial charge in [-0.05, 0) is 59.3 Å². The van der Waals surface area contributed by atoms with Gasteiger partial charge in [-0.1, -0.05) is 5.11 Å². The average molecular weight is 378 g/mol. The number of fused-ring (bicyclic) bond motifs is 4. The number of ether oxygens (including phenoxy) is 3. The minimum Gasteiger partial charge on any atom is -0.493 e. The highest BCUT2D eigenvalue weighted by atomic mass is 16.5. The Morgan fingerprint density at radius 2 is 1.89 bits per heavy atom. The first-order valence-corrected chi connectivity index (χ1v) is 9.08. The van der Waals surface area contributed by atoms with Crippen LogP contribution in [-0.4, -0.2) is 25.9 Å². The topological polar surface area (TPSA) is 81.4 Å². The zero-order valence-corrected chi connectivity index (χ0v) is 16.4. The standard InChI is InChI=1S/C21H22N4O3/c1-25-8-7-12-9-15-14(11-17(12)25)16(23-24-22)6-5-13-10-18(26-2)20(27-3)21(28-4)19(13)15/h7-11,16H,5-6H2,1-4H3. The summed E-state index contributed by atoms with van der Waals surface area (Å²) >= 11 is 0. The molecule has 0 N–H and O–H groups in total. The van der Waals surface area contributed by atoms with Gasteiger partial charge >= 0.3 is 0 Å². The van der Waals surface area contributed by atoms with Gasteiger partial charge in [-0.25, -0.2) is 0 Å². The average Bonchev–Trinajstić information content (AvgIpc) is 3.00. The molecule has 2 aromatic carbocycles. The van der Waals surface area contributed by atoms with Crippen molar-refractivity contribution in [3.63, 3.8) is 0 Å². The van der Waals surface area contributed by atoms with Crippen LogP contribution < -0.4 is 14.2 Å². The van der Waals surface area contributed by atoms with Crippen LogP contribution in [0.25, 0.3) is 32.5 Å². The van der Waals surface area contributed by atoms with Gasteiger partial charge in [-0.3, -0.25) is 0 Å². The summed E-state index contributed by atoms with van der Waals surface area (Å²) in [4.78, 5) is 3.10. The highest BCUT2D eigenvalue weighted by molar-refractivity contribution is 5.91. The number of hydrogen-bond donors (Lipinski definition) is 0. The number of azide groups is 1. The van der Waals surface area contributed by atoms with E-state index in [1.54, 1.807) is 21.3 Å². The predicted molar refractivity (Wildman–Crippen MR) is 108 cm³/mol. The third-order valence-electron chi connectivity index (χ3n) is 5.47. The van der Waals surface area contributed by atoms with Crippen molar-refractivity contribution in [2.75, 3.05) is 21.3 Å². The molecule has 1 aromatic heterocycles. The predicted octanol–water partition coefficient (Wildman–Crippen LogP) is 5.17. The van der Waals surface area contributed by atoms with E-state index in [4.69, 9.17) is 19.7 Å². The molecule has 0 spiro atoms. The molecule has 28 heavy (non-hydrogen) atoms. The highest BCUT2D eigenvalue weighted by Crippen LogP contribution is 2.51. The molecule has 0 bridgehead atoms.